The summed E-state index contributed by atoms with van der Waals surface area (Å²) in [6.07, 6.45) is -9.13. The number of amides is 1. The Balaban J connectivity index is 1.70. The number of aryl methyl sites for hydroxylation is 1. The standard InChI is InChI=1S/C31H26ClF7N4O4/c1-4-23(31(37,38)39)41-16-12-20(32)25(21(33)13-16)27(44)42-22(29(46)47)11-15-7-8-18(26-17(15)6-5-9-40-26)24-19(30(34,35)36)10-14(2)43(3)28(24)45/h5-10,12-13,22-23,41H,4,11H2,1-3H3,(H,42,44)(H,46,47)/t22-,23+/m0/s1. The van der Waals surface area contributed by atoms with Crippen molar-refractivity contribution in [1.29, 1.82) is 0 Å². The predicted octanol–water partition coefficient (Wildman–Crippen LogP) is 6.90. The summed E-state index contributed by atoms with van der Waals surface area (Å²) >= 11 is 6.04. The van der Waals surface area contributed by atoms with Gasteiger partial charge in [0.05, 0.1) is 27.2 Å². The van der Waals surface area contributed by atoms with Crippen LogP contribution in [0.15, 0.2) is 53.5 Å². The van der Waals surface area contributed by atoms with Gasteiger partial charge in [0.2, 0.25) is 0 Å². The molecule has 2 atom stereocenters. The molecule has 4 rings (SSSR count). The Morgan fingerprint density at radius 1 is 1.09 bits per heavy atom. The molecule has 0 aliphatic carbocycles. The fraction of sp³-hybridized carbons (Fsp3) is 0.290. The molecular formula is C31H26ClF7N4O4. The third-order valence-corrected chi connectivity index (χ3v) is 7.84. The molecule has 250 valence electrons. The summed E-state index contributed by atoms with van der Waals surface area (Å²) < 4.78 is 97.7. The van der Waals surface area contributed by atoms with Crippen LogP contribution in [0.1, 0.15) is 40.5 Å². The van der Waals surface area contributed by atoms with E-state index in [0.717, 1.165) is 16.7 Å². The molecule has 0 spiro atoms. The van der Waals surface area contributed by atoms with Crippen LogP contribution in [0.2, 0.25) is 5.02 Å². The van der Waals surface area contributed by atoms with Gasteiger partial charge in [0.1, 0.15) is 17.9 Å². The lowest BCUT2D eigenvalue weighted by molar-refractivity contribution is -0.143. The number of benzene rings is 2. The Labute approximate surface area is 267 Å². The van der Waals surface area contributed by atoms with Gasteiger partial charge >= 0.3 is 18.3 Å². The van der Waals surface area contributed by atoms with E-state index < -0.39 is 75.8 Å². The maximum Gasteiger partial charge on any atom is 0.417 e. The highest BCUT2D eigenvalue weighted by Gasteiger charge is 2.39. The molecule has 0 saturated carbocycles. The molecule has 0 aliphatic heterocycles. The molecule has 47 heavy (non-hydrogen) atoms. The molecule has 2 aromatic carbocycles. The molecule has 4 aromatic rings. The summed E-state index contributed by atoms with van der Waals surface area (Å²) in [5.41, 5.74) is -3.90. The first-order chi connectivity index (χ1) is 21.8. The largest absolute Gasteiger partial charge is 0.480 e. The first-order valence-corrected chi connectivity index (χ1v) is 14.2. The van der Waals surface area contributed by atoms with Crippen molar-refractivity contribution >= 4 is 40.1 Å². The van der Waals surface area contributed by atoms with Crippen LogP contribution in [-0.2, 0) is 24.4 Å². The third kappa shape index (κ3) is 7.34. The first-order valence-electron chi connectivity index (χ1n) is 13.9. The minimum Gasteiger partial charge on any atom is -0.480 e. The molecule has 1 amide bonds. The van der Waals surface area contributed by atoms with Crippen molar-refractivity contribution in [3.05, 3.63) is 92.2 Å². The molecule has 0 aliphatic rings. The molecule has 2 aromatic heterocycles. The number of nitrogens with zero attached hydrogens (tertiary/aromatic N) is 2. The Morgan fingerprint density at radius 3 is 2.34 bits per heavy atom. The average molecular weight is 687 g/mol. The minimum absolute atomic E-state index is 0.0478. The number of aliphatic carboxylic acids is 1. The number of fused-ring (bicyclic) bond motifs is 1. The van der Waals surface area contributed by atoms with E-state index in [1.54, 1.807) is 0 Å². The van der Waals surface area contributed by atoms with E-state index in [0.29, 0.717) is 6.07 Å². The van der Waals surface area contributed by atoms with Crippen LogP contribution in [0.25, 0.3) is 22.0 Å². The summed E-state index contributed by atoms with van der Waals surface area (Å²) in [4.78, 5) is 42.5. The fourth-order valence-corrected chi connectivity index (χ4v) is 5.35. The van der Waals surface area contributed by atoms with Crippen molar-refractivity contribution < 1.29 is 45.4 Å². The lowest BCUT2D eigenvalue weighted by Gasteiger charge is -2.22. The number of carbonyl (C=O) groups excluding carboxylic acids is 1. The Bertz CT molecular complexity index is 1900. The van der Waals surface area contributed by atoms with Crippen molar-refractivity contribution in [3.63, 3.8) is 0 Å². The van der Waals surface area contributed by atoms with Gasteiger partial charge in [0, 0.05) is 42.0 Å². The maximum atomic E-state index is 15.0. The Morgan fingerprint density at radius 2 is 1.77 bits per heavy atom. The summed E-state index contributed by atoms with van der Waals surface area (Å²) in [6, 6.07) is 3.95. The summed E-state index contributed by atoms with van der Waals surface area (Å²) in [6.45, 7) is 2.60. The Hall–Kier alpha value is -4.66. The number of aromatic nitrogens is 2. The topological polar surface area (TPSA) is 113 Å². The molecule has 0 unspecified atom stereocenters. The molecule has 0 bridgehead atoms. The first kappa shape index (κ1) is 35.2. The lowest BCUT2D eigenvalue weighted by Crippen LogP contribution is -2.42. The number of hydrogen-bond acceptors (Lipinski definition) is 5. The fourth-order valence-electron chi connectivity index (χ4n) is 5.06. The summed E-state index contributed by atoms with van der Waals surface area (Å²) in [5, 5.41) is 13.7. The van der Waals surface area contributed by atoms with Crippen molar-refractivity contribution in [2.24, 2.45) is 7.05 Å². The van der Waals surface area contributed by atoms with E-state index in [4.69, 9.17) is 11.6 Å². The second-order valence-corrected chi connectivity index (χ2v) is 11.0. The smallest absolute Gasteiger partial charge is 0.417 e. The number of carboxylic acids is 1. The SMILES string of the molecule is CC[C@@H](Nc1cc(F)c(C(=O)N[C@@H](Cc2ccc(-c3c(C(F)(F)F)cc(C)n(C)c3=O)c3ncccc23)C(=O)O)c(Cl)c1)C(F)(F)F. The van der Waals surface area contributed by atoms with Crippen molar-refractivity contribution in [2.75, 3.05) is 5.32 Å². The van der Waals surface area contributed by atoms with E-state index in [1.165, 1.54) is 51.4 Å². The number of nitrogens with one attached hydrogen (secondary N) is 2. The van der Waals surface area contributed by atoms with E-state index in [-0.39, 0.29) is 39.8 Å². The van der Waals surface area contributed by atoms with Crippen molar-refractivity contribution in [2.45, 2.75) is 51.1 Å². The molecule has 0 radical (unpaired) electrons. The van der Waals surface area contributed by atoms with Gasteiger partial charge in [-0.3, -0.25) is 14.6 Å². The van der Waals surface area contributed by atoms with Gasteiger partial charge in [-0.15, -0.1) is 0 Å². The normalized spacial score (nSPS) is 13.3. The number of carboxylic acid groups (broad SMARTS) is 1. The van der Waals surface area contributed by atoms with Gasteiger partial charge in [0.25, 0.3) is 11.5 Å². The molecule has 0 fully saturated rings. The van der Waals surface area contributed by atoms with Crippen molar-refractivity contribution in [1.82, 2.24) is 14.9 Å². The van der Waals surface area contributed by atoms with Crippen LogP contribution < -0.4 is 16.2 Å². The Kier molecular flexibility index (Phi) is 9.90. The molecule has 8 nitrogen and oxygen atoms in total. The third-order valence-electron chi connectivity index (χ3n) is 7.55. The van der Waals surface area contributed by atoms with Crippen molar-refractivity contribution in [3.8, 4) is 11.1 Å². The highest BCUT2D eigenvalue weighted by molar-refractivity contribution is 6.34. The van der Waals surface area contributed by atoms with Crippen LogP contribution in [-0.4, -0.2) is 44.8 Å². The number of alkyl halides is 6. The number of anilines is 1. The zero-order chi connectivity index (χ0) is 35.0. The summed E-state index contributed by atoms with van der Waals surface area (Å²) in [7, 11) is 1.31. The van der Waals surface area contributed by atoms with Crippen LogP contribution in [0.3, 0.4) is 0 Å². The maximum absolute atomic E-state index is 15.0. The predicted molar refractivity (Wildman–Crippen MR) is 160 cm³/mol. The summed E-state index contributed by atoms with van der Waals surface area (Å²) in [5.74, 6) is -4.18. The second kappa shape index (κ2) is 13.2. The van der Waals surface area contributed by atoms with Crippen LogP contribution >= 0.6 is 11.6 Å². The van der Waals surface area contributed by atoms with Gasteiger partial charge in [0.15, 0.2) is 0 Å². The van der Waals surface area contributed by atoms with Gasteiger partial charge in [-0.25, -0.2) is 9.18 Å². The average Bonchev–Trinajstić information content (AvgIpc) is 2.97. The van der Waals surface area contributed by atoms with Crippen LogP contribution in [0.4, 0.5) is 36.4 Å². The number of hydrogen-bond donors (Lipinski definition) is 3. The molecule has 0 saturated heterocycles. The molecule has 2 heterocycles. The van der Waals surface area contributed by atoms with Gasteiger partial charge < -0.3 is 20.3 Å². The monoisotopic (exact) mass is 686 g/mol. The van der Waals surface area contributed by atoms with Gasteiger partial charge in [-0.05, 0) is 43.2 Å². The minimum atomic E-state index is -4.90. The van der Waals surface area contributed by atoms with Crippen LogP contribution in [0, 0.1) is 12.7 Å². The zero-order valence-corrected chi connectivity index (χ0v) is 25.5. The second-order valence-electron chi connectivity index (χ2n) is 10.6. The highest BCUT2D eigenvalue weighted by Crippen LogP contribution is 2.38. The van der Waals surface area contributed by atoms with Gasteiger partial charge in [-0.2, -0.15) is 26.3 Å². The zero-order valence-electron chi connectivity index (χ0n) is 24.8. The number of carbonyl (C=O) groups is 2. The lowest BCUT2D eigenvalue weighted by atomic mass is 9.93. The van der Waals surface area contributed by atoms with E-state index in [9.17, 15) is 50.2 Å². The van der Waals surface area contributed by atoms with E-state index in [1.807, 2.05) is 0 Å². The van der Waals surface area contributed by atoms with Gasteiger partial charge in [-0.1, -0.05) is 36.7 Å². The molecular weight excluding hydrogens is 661 g/mol. The number of pyridine rings is 2. The van der Waals surface area contributed by atoms with E-state index >= 15 is 0 Å². The molecule has 16 heteroatoms. The number of rotatable bonds is 9. The van der Waals surface area contributed by atoms with E-state index in [2.05, 4.69) is 15.6 Å². The quantitative estimate of drug-likeness (QED) is 0.165. The number of halogens is 8. The van der Waals surface area contributed by atoms with Crippen LogP contribution in [0.5, 0.6) is 0 Å². The molecule has 3 N–H and O–H groups in total. The highest BCUT2D eigenvalue weighted by atomic mass is 35.5.